The van der Waals surface area contributed by atoms with Gasteiger partial charge in [0.25, 0.3) is 0 Å². The summed E-state index contributed by atoms with van der Waals surface area (Å²) in [6.45, 7) is 6.80. The summed E-state index contributed by atoms with van der Waals surface area (Å²) < 4.78 is 5.71. The lowest BCUT2D eigenvalue weighted by molar-refractivity contribution is 0.596. The van der Waals surface area contributed by atoms with Gasteiger partial charge in [-0.25, -0.2) is 4.98 Å². The fraction of sp³-hybridized carbons (Fsp3) is 0.160. The summed E-state index contributed by atoms with van der Waals surface area (Å²) in [5.74, 6) is 0. The monoisotopic (exact) mass is 351 g/mol. The molecule has 27 heavy (non-hydrogen) atoms. The minimum absolute atomic E-state index is 0.0468. The molecular formula is C25H21NO. The number of hydrogen-bond donors (Lipinski definition) is 0. The first-order valence-corrected chi connectivity index (χ1v) is 9.32. The molecule has 0 N–H and O–H groups in total. The van der Waals surface area contributed by atoms with Crippen LogP contribution in [0.4, 0.5) is 0 Å². The van der Waals surface area contributed by atoms with Crippen LogP contribution in [0.2, 0.25) is 0 Å². The summed E-state index contributed by atoms with van der Waals surface area (Å²) in [5.41, 5.74) is 5.30. The van der Waals surface area contributed by atoms with E-state index in [2.05, 4.69) is 81.4 Å². The minimum Gasteiger partial charge on any atom is -0.462 e. The Kier molecular flexibility index (Phi) is 3.38. The van der Waals surface area contributed by atoms with Crippen molar-refractivity contribution >= 4 is 32.6 Å². The van der Waals surface area contributed by atoms with Crippen LogP contribution in [0.1, 0.15) is 26.3 Å². The molecule has 5 aromatic rings. The second-order valence-corrected chi connectivity index (χ2v) is 8.14. The van der Waals surface area contributed by atoms with Gasteiger partial charge >= 0.3 is 0 Å². The normalized spacial score (nSPS) is 12.3. The number of aromatic nitrogens is 1. The Balaban J connectivity index is 1.91. The largest absolute Gasteiger partial charge is 0.462 e. The second-order valence-electron chi connectivity index (χ2n) is 8.14. The Labute approximate surface area is 158 Å². The highest BCUT2D eigenvalue weighted by Gasteiger charge is 2.20. The third-order valence-corrected chi connectivity index (χ3v) is 5.25. The first-order chi connectivity index (χ1) is 13.0. The van der Waals surface area contributed by atoms with Crippen LogP contribution in [0.5, 0.6) is 0 Å². The van der Waals surface area contributed by atoms with Crippen LogP contribution in [0.3, 0.4) is 0 Å². The molecule has 0 unspecified atom stereocenters. The van der Waals surface area contributed by atoms with Crippen LogP contribution in [-0.2, 0) is 5.41 Å². The Hall–Kier alpha value is -3.13. The SMILES string of the molecule is CC(C)(C)c1cc(-c2nc3ccoc3c3ccccc23)cc2ccccc12. The smallest absolute Gasteiger partial charge is 0.160 e. The molecule has 0 spiro atoms. The van der Waals surface area contributed by atoms with Crippen molar-refractivity contribution in [1.82, 2.24) is 4.98 Å². The molecule has 5 rings (SSSR count). The molecule has 2 nitrogen and oxygen atoms in total. The van der Waals surface area contributed by atoms with Gasteiger partial charge in [-0.05, 0) is 33.9 Å². The number of benzene rings is 3. The third kappa shape index (κ3) is 2.52. The van der Waals surface area contributed by atoms with Crippen molar-refractivity contribution in [2.45, 2.75) is 26.2 Å². The molecule has 3 aromatic carbocycles. The topological polar surface area (TPSA) is 26.0 Å². The predicted molar refractivity (Wildman–Crippen MR) is 113 cm³/mol. The minimum atomic E-state index is 0.0468. The van der Waals surface area contributed by atoms with Crippen LogP contribution in [0.25, 0.3) is 43.9 Å². The molecule has 0 aliphatic heterocycles. The molecule has 2 heteroatoms. The highest BCUT2D eigenvalue weighted by atomic mass is 16.3. The van der Waals surface area contributed by atoms with Gasteiger partial charge in [0, 0.05) is 22.4 Å². The number of furan rings is 1. The van der Waals surface area contributed by atoms with Crippen LogP contribution in [0.15, 0.2) is 77.4 Å². The molecule has 2 aromatic heterocycles. The molecule has 0 saturated carbocycles. The van der Waals surface area contributed by atoms with Crippen LogP contribution in [-0.4, -0.2) is 4.98 Å². The number of nitrogens with zero attached hydrogens (tertiary/aromatic N) is 1. The Morgan fingerprint density at radius 3 is 2.26 bits per heavy atom. The van der Waals surface area contributed by atoms with Crippen LogP contribution < -0.4 is 0 Å². The van der Waals surface area contributed by atoms with Gasteiger partial charge in [0.05, 0.1) is 12.0 Å². The second kappa shape index (κ2) is 5.68. The maximum atomic E-state index is 5.71. The van der Waals surface area contributed by atoms with Gasteiger partial charge in [-0.2, -0.15) is 0 Å². The maximum absolute atomic E-state index is 5.71. The number of hydrogen-bond acceptors (Lipinski definition) is 2. The molecule has 0 aliphatic rings. The summed E-state index contributed by atoms with van der Waals surface area (Å²) in [5, 5.41) is 4.78. The average Bonchev–Trinajstić information content (AvgIpc) is 3.14. The van der Waals surface area contributed by atoms with Crippen molar-refractivity contribution in [3.05, 3.63) is 78.6 Å². The average molecular weight is 351 g/mol. The summed E-state index contributed by atoms with van der Waals surface area (Å²) in [7, 11) is 0. The third-order valence-electron chi connectivity index (χ3n) is 5.25. The summed E-state index contributed by atoms with van der Waals surface area (Å²) in [6, 6.07) is 23.5. The van der Waals surface area contributed by atoms with Gasteiger partial charge in [0.1, 0.15) is 5.52 Å². The Morgan fingerprint density at radius 2 is 1.48 bits per heavy atom. The molecule has 0 amide bonds. The van der Waals surface area contributed by atoms with Gasteiger partial charge < -0.3 is 4.42 Å². The quantitative estimate of drug-likeness (QED) is 0.322. The van der Waals surface area contributed by atoms with Gasteiger partial charge in [0.2, 0.25) is 0 Å². The van der Waals surface area contributed by atoms with Crippen molar-refractivity contribution in [3.8, 4) is 11.3 Å². The van der Waals surface area contributed by atoms with Gasteiger partial charge in [-0.3, -0.25) is 0 Å². The van der Waals surface area contributed by atoms with Crippen molar-refractivity contribution in [2.75, 3.05) is 0 Å². The van der Waals surface area contributed by atoms with E-state index in [0.29, 0.717) is 0 Å². The summed E-state index contributed by atoms with van der Waals surface area (Å²) in [6.07, 6.45) is 1.72. The molecule has 0 radical (unpaired) electrons. The first kappa shape index (κ1) is 16.1. The van der Waals surface area contributed by atoms with E-state index in [1.807, 2.05) is 6.07 Å². The zero-order valence-corrected chi connectivity index (χ0v) is 15.8. The Morgan fingerprint density at radius 1 is 0.778 bits per heavy atom. The van der Waals surface area contributed by atoms with E-state index >= 15 is 0 Å². The zero-order chi connectivity index (χ0) is 18.6. The zero-order valence-electron chi connectivity index (χ0n) is 15.8. The number of fused-ring (bicyclic) bond motifs is 4. The van der Waals surface area contributed by atoms with E-state index in [-0.39, 0.29) is 5.41 Å². The summed E-state index contributed by atoms with van der Waals surface area (Å²) in [4.78, 5) is 4.97. The molecule has 0 bridgehead atoms. The molecule has 132 valence electrons. The predicted octanol–water partition coefficient (Wildman–Crippen LogP) is 7.10. The lowest BCUT2D eigenvalue weighted by Gasteiger charge is -2.23. The van der Waals surface area contributed by atoms with Crippen LogP contribution in [0, 0.1) is 0 Å². The number of rotatable bonds is 1. The maximum Gasteiger partial charge on any atom is 0.160 e. The van der Waals surface area contributed by atoms with Gasteiger partial charge in [-0.15, -0.1) is 0 Å². The summed E-state index contributed by atoms with van der Waals surface area (Å²) >= 11 is 0. The van der Waals surface area contributed by atoms with Gasteiger partial charge in [0.15, 0.2) is 5.58 Å². The molecule has 2 heterocycles. The Bertz CT molecular complexity index is 1300. The van der Waals surface area contributed by atoms with E-state index in [9.17, 15) is 0 Å². The number of pyridine rings is 1. The highest BCUT2D eigenvalue weighted by molar-refractivity contribution is 6.09. The van der Waals surface area contributed by atoms with E-state index in [1.165, 1.54) is 16.3 Å². The molecule has 0 saturated heterocycles. The molecule has 0 aliphatic carbocycles. The standard InChI is InChI=1S/C25H21NO/c1-25(2,3)21-15-17(14-16-8-4-5-9-18(16)21)23-19-10-6-7-11-20(19)24-22(26-23)12-13-27-24/h4-15H,1-3H3. The molecular weight excluding hydrogens is 330 g/mol. The van der Waals surface area contributed by atoms with E-state index < -0.39 is 0 Å². The van der Waals surface area contributed by atoms with Crippen molar-refractivity contribution in [1.29, 1.82) is 0 Å². The molecule has 0 atom stereocenters. The van der Waals surface area contributed by atoms with Crippen molar-refractivity contribution < 1.29 is 4.42 Å². The fourth-order valence-electron chi connectivity index (χ4n) is 3.95. The first-order valence-electron chi connectivity index (χ1n) is 9.32. The van der Waals surface area contributed by atoms with Crippen molar-refractivity contribution in [2.24, 2.45) is 0 Å². The lowest BCUT2D eigenvalue weighted by Crippen LogP contribution is -2.12. The van der Waals surface area contributed by atoms with Gasteiger partial charge in [-0.1, -0.05) is 69.3 Å². The van der Waals surface area contributed by atoms with Crippen molar-refractivity contribution in [3.63, 3.8) is 0 Å². The highest BCUT2D eigenvalue weighted by Crippen LogP contribution is 2.38. The van der Waals surface area contributed by atoms with E-state index in [1.54, 1.807) is 6.26 Å². The lowest BCUT2D eigenvalue weighted by atomic mass is 9.82. The fourth-order valence-corrected chi connectivity index (χ4v) is 3.95. The van der Waals surface area contributed by atoms with E-state index in [4.69, 9.17) is 9.40 Å². The van der Waals surface area contributed by atoms with Crippen LogP contribution >= 0.6 is 0 Å². The molecule has 0 fully saturated rings. The van der Waals surface area contributed by atoms with E-state index in [0.717, 1.165) is 33.1 Å².